The number of aromatic amines is 1. The summed E-state index contributed by atoms with van der Waals surface area (Å²) in [7, 11) is 0. The number of hydrogen-bond donors (Lipinski definition) is 1. The monoisotopic (exact) mass is 353 g/mol. The van der Waals surface area contributed by atoms with E-state index in [9.17, 15) is 9.59 Å². The second-order valence-corrected chi connectivity index (χ2v) is 6.19. The Balaban J connectivity index is 1.96. The topological polar surface area (TPSA) is 83.9 Å². The zero-order valence-corrected chi connectivity index (χ0v) is 15.1. The number of hydrogen-bond acceptors (Lipinski definition) is 4. The molecule has 0 radical (unpaired) electrons. The second kappa shape index (κ2) is 7.95. The normalized spacial score (nSPS) is 11.0. The fraction of sp³-hybridized carbons (Fsp3) is 0.368. The van der Waals surface area contributed by atoms with Crippen molar-refractivity contribution in [3.05, 3.63) is 47.0 Å². The van der Waals surface area contributed by atoms with Crippen molar-refractivity contribution in [1.82, 2.24) is 24.4 Å². The van der Waals surface area contributed by atoms with Crippen molar-refractivity contribution in [3.63, 3.8) is 0 Å². The minimum Gasteiger partial charge on any atom is -0.341 e. The highest BCUT2D eigenvalue weighted by molar-refractivity contribution is 5.79. The highest BCUT2D eigenvalue weighted by atomic mass is 16.2. The lowest BCUT2D eigenvalue weighted by Gasteiger charge is -2.21. The zero-order chi connectivity index (χ0) is 18.5. The number of benzene rings is 1. The molecule has 0 aliphatic heterocycles. The molecule has 2 aromatic heterocycles. The van der Waals surface area contributed by atoms with Gasteiger partial charge >= 0.3 is 5.69 Å². The standard InChI is InChI=1S/C19H23N5O2/c1-3-10-23(11-4-2)16(25)13-24-18-15(21-19(24)26)12-20-17(22-18)14-8-6-5-7-9-14/h5-9,12H,3-4,10-11,13H2,1-2H3,(H,21,26). The molecular formula is C19H23N5O2. The van der Waals surface area contributed by atoms with Crippen LogP contribution in [0.2, 0.25) is 0 Å². The summed E-state index contributed by atoms with van der Waals surface area (Å²) < 4.78 is 1.39. The second-order valence-electron chi connectivity index (χ2n) is 6.19. The van der Waals surface area contributed by atoms with Crippen molar-refractivity contribution >= 4 is 17.1 Å². The van der Waals surface area contributed by atoms with E-state index >= 15 is 0 Å². The number of nitrogens with zero attached hydrogens (tertiary/aromatic N) is 4. The van der Waals surface area contributed by atoms with Gasteiger partial charge in [0.15, 0.2) is 11.5 Å². The highest BCUT2D eigenvalue weighted by Gasteiger charge is 2.17. The number of fused-ring (bicyclic) bond motifs is 1. The fourth-order valence-electron chi connectivity index (χ4n) is 2.95. The van der Waals surface area contributed by atoms with Crippen LogP contribution < -0.4 is 5.69 Å². The number of aromatic nitrogens is 4. The van der Waals surface area contributed by atoms with Crippen LogP contribution in [0.4, 0.5) is 0 Å². The summed E-state index contributed by atoms with van der Waals surface area (Å²) in [5.41, 5.74) is 1.49. The first-order valence-electron chi connectivity index (χ1n) is 8.92. The summed E-state index contributed by atoms with van der Waals surface area (Å²) in [6.07, 6.45) is 3.35. The van der Waals surface area contributed by atoms with Crippen LogP contribution in [0.25, 0.3) is 22.6 Å². The van der Waals surface area contributed by atoms with Crippen molar-refractivity contribution in [3.8, 4) is 11.4 Å². The van der Waals surface area contributed by atoms with Gasteiger partial charge in [-0.1, -0.05) is 44.2 Å². The van der Waals surface area contributed by atoms with Crippen LogP contribution in [0.1, 0.15) is 26.7 Å². The third kappa shape index (κ3) is 3.66. The fourth-order valence-corrected chi connectivity index (χ4v) is 2.95. The molecule has 1 amide bonds. The van der Waals surface area contributed by atoms with E-state index in [0.717, 1.165) is 18.4 Å². The van der Waals surface area contributed by atoms with E-state index in [0.29, 0.717) is 30.1 Å². The van der Waals surface area contributed by atoms with Crippen molar-refractivity contribution in [1.29, 1.82) is 0 Å². The summed E-state index contributed by atoms with van der Waals surface area (Å²) in [6, 6.07) is 9.55. The van der Waals surface area contributed by atoms with E-state index in [4.69, 9.17) is 0 Å². The SMILES string of the molecule is CCCN(CCC)C(=O)Cn1c(=O)[nH]c2cnc(-c3ccccc3)nc21. The van der Waals surface area contributed by atoms with Crippen LogP contribution in [0.5, 0.6) is 0 Å². The van der Waals surface area contributed by atoms with Gasteiger partial charge in [-0.3, -0.25) is 9.36 Å². The Morgan fingerprint density at radius 2 is 1.85 bits per heavy atom. The van der Waals surface area contributed by atoms with Gasteiger partial charge in [-0.05, 0) is 12.8 Å². The molecule has 0 bridgehead atoms. The smallest absolute Gasteiger partial charge is 0.328 e. The Morgan fingerprint density at radius 3 is 2.50 bits per heavy atom. The molecular weight excluding hydrogens is 330 g/mol. The maximum absolute atomic E-state index is 12.7. The molecule has 1 aromatic carbocycles. The summed E-state index contributed by atoms with van der Waals surface area (Å²) in [4.78, 5) is 38.3. The highest BCUT2D eigenvalue weighted by Crippen LogP contribution is 2.16. The first kappa shape index (κ1) is 17.8. The van der Waals surface area contributed by atoms with Gasteiger partial charge in [-0.25, -0.2) is 14.8 Å². The molecule has 0 fully saturated rings. The van der Waals surface area contributed by atoms with Gasteiger partial charge in [0, 0.05) is 18.7 Å². The minimum absolute atomic E-state index is 0.0237. The molecule has 0 spiro atoms. The van der Waals surface area contributed by atoms with Crippen LogP contribution in [0.3, 0.4) is 0 Å². The molecule has 3 rings (SSSR count). The third-order valence-corrected chi connectivity index (χ3v) is 4.18. The number of nitrogens with one attached hydrogen (secondary N) is 1. The molecule has 3 aromatic rings. The van der Waals surface area contributed by atoms with E-state index in [1.807, 2.05) is 44.2 Å². The molecule has 26 heavy (non-hydrogen) atoms. The Bertz CT molecular complexity index is 939. The molecule has 0 atom stereocenters. The third-order valence-electron chi connectivity index (χ3n) is 4.18. The van der Waals surface area contributed by atoms with Crippen LogP contribution in [0.15, 0.2) is 41.3 Å². The van der Waals surface area contributed by atoms with Gasteiger partial charge in [0.2, 0.25) is 5.91 Å². The van der Waals surface area contributed by atoms with E-state index in [2.05, 4.69) is 15.0 Å². The van der Waals surface area contributed by atoms with Crippen molar-refractivity contribution in [2.24, 2.45) is 0 Å². The lowest BCUT2D eigenvalue weighted by Crippen LogP contribution is -2.37. The first-order valence-corrected chi connectivity index (χ1v) is 8.92. The number of amides is 1. The van der Waals surface area contributed by atoms with Crippen molar-refractivity contribution in [2.45, 2.75) is 33.2 Å². The number of imidazole rings is 1. The summed E-state index contributed by atoms with van der Waals surface area (Å²) in [5, 5.41) is 0. The van der Waals surface area contributed by atoms with Crippen LogP contribution >= 0.6 is 0 Å². The summed E-state index contributed by atoms with van der Waals surface area (Å²) in [5.74, 6) is 0.453. The molecule has 136 valence electrons. The molecule has 7 heteroatoms. The van der Waals surface area contributed by atoms with Gasteiger partial charge in [-0.15, -0.1) is 0 Å². The number of carbonyl (C=O) groups is 1. The lowest BCUT2D eigenvalue weighted by atomic mass is 10.2. The first-order chi connectivity index (χ1) is 12.6. The predicted molar refractivity (Wildman–Crippen MR) is 101 cm³/mol. The average molecular weight is 353 g/mol. The molecule has 7 nitrogen and oxygen atoms in total. The predicted octanol–water partition coefficient (Wildman–Crippen LogP) is 2.44. The van der Waals surface area contributed by atoms with E-state index in [1.165, 1.54) is 4.57 Å². The quantitative estimate of drug-likeness (QED) is 0.707. The van der Waals surface area contributed by atoms with Crippen LogP contribution in [0, 0.1) is 0 Å². The van der Waals surface area contributed by atoms with Gasteiger partial charge < -0.3 is 9.88 Å². The number of H-pyrrole nitrogens is 1. The van der Waals surface area contributed by atoms with Crippen LogP contribution in [-0.4, -0.2) is 43.4 Å². The van der Waals surface area contributed by atoms with E-state index < -0.39 is 0 Å². The number of carbonyl (C=O) groups excluding carboxylic acids is 1. The zero-order valence-electron chi connectivity index (χ0n) is 15.1. The molecule has 0 unspecified atom stereocenters. The largest absolute Gasteiger partial charge is 0.341 e. The molecule has 0 saturated carbocycles. The lowest BCUT2D eigenvalue weighted by molar-refractivity contribution is -0.131. The Labute approximate surface area is 151 Å². The minimum atomic E-state index is -0.346. The molecule has 0 saturated heterocycles. The van der Waals surface area contributed by atoms with Gasteiger partial charge in [-0.2, -0.15) is 0 Å². The van der Waals surface area contributed by atoms with E-state index in [-0.39, 0.29) is 18.1 Å². The summed E-state index contributed by atoms with van der Waals surface area (Å²) in [6.45, 7) is 5.42. The average Bonchev–Trinajstić information content (AvgIpc) is 2.97. The molecule has 0 aliphatic carbocycles. The molecule has 1 N–H and O–H groups in total. The van der Waals surface area contributed by atoms with Gasteiger partial charge in [0.25, 0.3) is 0 Å². The Morgan fingerprint density at radius 1 is 1.15 bits per heavy atom. The maximum Gasteiger partial charge on any atom is 0.328 e. The summed E-state index contributed by atoms with van der Waals surface area (Å²) >= 11 is 0. The van der Waals surface area contributed by atoms with Crippen molar-refractivity contribution < 1.29 is 4.79 Å². The number of rotatable bonds is 7. The maximum atomic E-state index is 12.7. The Hall–Kier alpha value is -2.96. The van der Waals surface area contributed by atoms with Crippen LogP contribution in [-0.2, 0) is 11.3 Å². The van der Waals surface area contributed by atoms with Crippen molar-refractivity contribution in [2.75, 3.05) is 13.1 Å². The van der Waals surface area contributed by atoms with Gasteiger partial charge in [0.1, 0.15) is 12.1 Å². The molecule has 0 aliphatic rings. The van der Waals surface area contributed by atoms with Gasteiger partial charge in [0.05, 0.1) is 6.20 Å². The van der Waals surface area contributed by atoms with E-state index in [1.54, 1.807) is 11.1 Å². The molecule has 2 heterocycles. The Kier molecular flexibility index (Phi) is 5.46.